The summed E-state index contributed by atoms with van der Waals surface area (Å²) in [7, 11) is 0. The molecule has 0 aliphatic heterocycles. The van der Waals surface area contributed by atoms with Gasteiger partial charge in [0.05, 0.1) is 5.92 Å². The Balaban J connectivity index is 1.64. The third-order valence-electron chi connectivity index (χ3n) is 4.36. The zero-order chi connectivity index (χ0) is 17.1. The molecule has 1 aromatic carbocycles. The Morgan fingerprint density at radius 3 is 2.54 bits per heavy atom. The minimum absolute atomic E-state index is 0.0692. The van der Waals surface area contributed by atoms with Crippen LogP contribution in [0.4, 0.5) is 5.69 Å². The Labute approximate surface area is 139 Å². The summed E-state index contributed by atoms with van der Waals surface area (Å²) < 4.78 is 4.97. The summed E-state index contributed by atoms with van der Waals surface area (Å²) in [5.74, 6) is -0.340. The third-order valence-corrected chi connectivity index (χ3v) is 4.36. The van der Waals surface area contributed by atoms with Gasteiger partial charge >= 0.3 is 5.97 Å². The van der Waals surface area contributed by atoms with Crippen LogP contribution >= 0.6 is 0 Å². The maximum absolute atomic E-state index is 12.4. The molecule has 1 aliphatic rings. The van der Waals surface area contributed by atoms with Crippen LogP contribution in [0.25, 0.3) is 11.4 Å². The molecule has 3 rings (SSSR count). The summed E-state index contributed by atoms with van der Waals surface area (Å²) in [6.45, 7) is 1.72. The smallest absolute Gasteiger partial charge is 0.306 e. The average Bonchev–Trinajstić information content (AvgIpc) is 3.02. The number of aliphatic carboxylic acids is 1. The number of aromatic nitrogens is 2. The van der Waals surface area contributed by atoms with E-state index in [1.165, 1.54) is 0 Å². The molecular formula is C17H19N3O4. The van der Waals surface area contributed by atoms with Gasteiger partial charge in [0.2, 0.25) is 17.6 Å². The maximum atomic E-state index is 12.4. The Hall–Kier alpha value is -2.70. The first-order valence-electron chi connectivity index (χ1n) is 7.97. The number of carbonyl (C=O) groups is 2. The van der Waals surface area contributed by atoms with Crippen LogP contribution in [0.2, 0.25) is 0 Å². The number of hydrogen-bond donors (Lipinski definition) is 2. The summed E-state index contributed by atoms with van der Waals surface area (Å²) in [6.07, 6.45) is 2.31. The first-order valence-corrected chi connectivity index (χ1v) is 7.97. The molecule has 1 fully saturated rings. The summed E-state index contributed by atoms with van der Waals surface area (Å²) in [5, 5.41) is 15.8. The van der Waals surface area contributed by atoms with Crippen molar-refractivity contribution < 1.29 is 19.2 Å². The number of carbonyl (C=O) groups excluding carboxylic acids is 1. The number of aryl methyl sites for hydroxylation is 1. The lowest BCUT2D eigenvalue weighted by molar-refractivity contribution is -0.143. The van der Waals surface area contributed by atoms with Crippen molar-refractivity contribution in [2.45, 2.75) is 32.6 Å². The molecule has 24 heavy (non-hydrogen) atoms. The average molecular weight is 329 g/mol. The van der Waals surface area contributed by atoms with Crippen molar-refractivity contribution in [1.82, 2.24) is 10.1 Å². The van der Waals surface area contributed by atoms with E-state index in [0.29, 0.717) is 43.1 Å². The Bertz CT molecular complexity index is 748. The van der Waals surface area contributed by atoms with E-state index in [2.05, 4.69) is 15.5 Å². The van der Waals surface area contributed by atoms with E-state index >= 15 is 0 Å². The second kappa shape index (κ2) is 6.82. The van der Waals surface area contributed by atoms with Crippen LogP contribution in [0.3, 0.4) is 0 Å². The Morgan fingerprint density at radius 2 is 1.92 bits per heavy atom. The van der Waals surface area contributed by atoms with Gasteiger partial charge in [0.25, 0.3) is 0 Å². The highest BCUT2D eigenvalue weighted by Crippen LogP contribution is 2.30. The van der Waals surface area contributed by atoms with E-state index < -0.39 is 5.97 Å². The van der Waals surface area contributed by atoms with Gasteiger partial charge in [-0.2, -0.15) is 4.98 Å². The Morgan fingerprint density at radius 1 is 1.21 bits per heavy atom. The van der Waals surface area contributed by atoms with E-state index in [9.17, 15) is 9.59 Å². The van der Waals surface area contributed by atoms with Gasteiger partial charge in [-0.1, -0.05) is 17.3 Å². The number of carboxylic acids is 1. The number of amides is 1. The van der Waals surface area contributed by atoms with Crippen molar-refractivity contribution in [2.75, 3.05) is 5.32 Å². The number of carboxylic acid groups (broad SMARTS) is 1. The minimum Gasteiger partial charge on any atom is -0.481 e. The molecule has 1 aliphatic carbocycles. The molecule has 0 unspecified atom stereocenters. The topological polar surface area (TPSA) is 105 Å². The largest absolute Gasteiger partial charge is 0.481 e. The van der Waals surface area contributed by atoms with E-state index in [4.69, 9.17) is 9.63 Å². The van der Waals surface area contributed by atoms with E-state index in [1.807, 2.05) is 12.1 Å². The van der Waals surface area contributed by atoms with Crippen LogP contribution in [0, 0.1) is 18.8 Å². The van der Waals surface area contributed by atoms with Crippen LogP contribution in [-0.4, -0.2) is 27.1 Å². The fourth-order valence-electron chi connectivity index (χ4n) is 3.00. The monoisotopic (exact) mass is 329 g/mol. The number of benzene rings is 1. The van der Waals surface area contributed by atoms with Crippen LogP contribution in [-0.2, 0) is 9.59 Å². The number of nitrogens with one attached hydrogen (secondary N) is 1. The van der Waals surface area contributed by atoms with Crippen LogP contribution in [0.5, 0.6) is 0 Å². The number of nitrogens with zero attached hydrogens (tertiary/aromatic N) is 2. The van der Waals surface area contributed by atoms with Crippen molar-refractivity contribution in [2.24, 2.45) is 11.8 Å². The maximum Gasteiger partial charge on any atom is 0.306 e. The van der Waals surface area contributed by atoms with Gasteiger partial charge in [-0.25, -0.2) is 0 Å². The highest BCUT2D eigenvalue weighted by atomic mass is 16.5. The van der Waals surface area contributed by atoms with Gasteiger partial charge in [0.1, 0.15) is 0 Å². The first kappa shape index (κ1) is 16.2. The zero-order valence-corrected chi connectivity index (χ0v) is 13.4. The molecule has 0 atom stereocenters. The molecule has 7 heteroatoms. The molecule has 1 aromatic heterocycles. The number of hydrogen-bond acceptors (Lipinski definition) is 5. The SMILES string of the molecule is Cc1nc(-c2cccc(NC(=O)C3CCC(C(=O)O)CC3)c2)no1. The lowest BCUT2D eigenvalue weighted by atomic mass is 9.81. The first-order chi connectivity index (χ1) is 11.5. The molecule has 0 saturated heterocycles. The van der Waals surface area contributed by atoms with E-state index in [-0.39, 0.29) is 17.7 Å². The van der Waals surface area contributed by atoms with Crippen molar-refractivity contribution in [3.63, 3.8) is 0 Å². The Kier molecular flexibility index (Phi) is 4.59. The highest BCUT2D eigenvalue weighted by molar-refractivity contribution is 5.93. The summed E-state index contributed by atoms with van der Waals surface area (Å²) in [5.41, 5.74) is 1.43. The molecule has 126 valence electrons. The van der Waals surface area contributed by atoms with Gasteiger partial charge in [-0.05, 0) is 37.8 Å². The fourth-order valence-corrected chi connectivity index (χ4v) is 3.00. The quantitative estimate of drug-likeness (QED) is 0.893. The van der Waals surface area contributed by atoms with Crippen LogP contribution in [0.15, 0.2) is 28.8 Å². The number of anilines is 1. The lowest BCUT2D eigenvalue weighted by Gasteiger charge is -2.25. The molecule has 2 aromatic rings. The van der Waals surface area contributed by atoms with Gasteiger partial charge in [0, 0.05) is 24.1 Å². The van der Waals surface area contributed by atoms with Crippen LogP contribution in [0.1, 0.15) is 31.6 Å². The summed E-state index contributed by atoms with van der Waals surface area (Å²) >= 11 is 0. The predicted octanol–water partition coefficient (Wildman–Crippen LogP) is 2.87. The summed E-state index contributed by atoms with van der Waals surface area (Å²) in [4.78, 5) is 27.5. The minimum atomic E-state index is -0.767. The molecule has 0 radical (unpaired) electrons. The molecule has 2 N–H and O–H groups in total. The molecule has 1 saturated carbocycles. The van der Waals surface area contributed by atoms with E-state index in [1.54, 1.807) is 19.1 Å². The second-order valence-corrected chi connectivity index (χ2v) is 6.09. The molecule has 0 spiro atoms. The third kappa shape index (κ3) is 3.61. The predicted molar refractivity (Wildman–Crippen MR) is 86.2 cm³/mol. The molecule has 1 heterocycles. The molecule has 0 bridgehead atoms. The highest BCUT2D eigenvalue weighted by Gasteiger charge is 2.29. The van der Waals surface area contributed by atoms with Gasteiger partial charge in [-0.15, -0.1) is 0 Å². The zero-order valence-electron chi connectivity index (χ0n) is 13.4. The standard InChI is InChI=1S/C17H19N3O4/c1-10-18-15(20-24-10)13-3-2-4-14(9-13)19-16(21)11-5-7-12(8-6-11)17(22)23/h2-4,9,11-12H,5-8H2,1H3,(H,19,21)(H,22,23). The molecule has 1 amide bonds. The number of rotatable bonds is 4. The van der Waals surface area contributed by atoms with Crippen LogP contribution < -0.4 is 5.32 Å². The van der Waals surface area contributed by atoms with E-state index in [0.717, 1.165) is 5.56 Å². The van der Waals surface area contributed by atoms with Gasteiger partial charge in [0.15, 0.2) is 0 Å². The van der Waals surface area contributed by atoms with Crippen molar-refractivity contribution in [3.8, 4) is 11.4 Å². The fraction of sp³-hybridized carbons (Fsp3) is 0.412. The molecule has 7 nitrogen and oxygen atoms in total. The molecular weight excluding hydrogens is 310 g/mol. The lowest BCUT2D eigenvalue weighted by Crippen LogP contribution is -2.29. The van der Waals surface area contributed by atoms with Crippen molar-refractivity contribution in [1.29, 1.82) is 0 Å². The van der Waals surface area contributed by atoms with Gasteiger partial charge in [-0.3, -0.25) is 9.59 Å². The summed E-state index contributed by atoms with van der Waals surface area (Å²) in [6, 6.07) is 7.26. The van der Waals surface area contributed by atoms with Gasteiger partial charge < -0.3 is 14.9 Å². The van der Waals surface area contributed by atoms with Crippen molar-refractivity contribution in [3.05, 3.63) is 30.2 Å². The van der Waals surface area contributed by atoms with Crippen molar-refractivity contribution >= 4 is 17.6 Å². The normalized spacial score (nSPS) is 20.5. The second-order valence-electron chi connectivity index (χ2n) is 6.09.